The molecule has 0 aliphatic heterocycles. The van der Waals surface area contributed by atoms with Crippen molar-refractivity contribution in [3.05, 3.63) is 63.2 Å². The molecule has 18 heavy (non-hydrogen) atoms. The monoisotopic (exact) mass is 261 g/mol. The first-order valence-electron chi connectivity index (χ1n) is 5.12. The fourth-order valence-electron chi connectivity index (χ4n) is 1.68. The molecule has 0 fully saturated rings. The minimum absolute atomic E-state index is 0.0601. The third-order valence-corrected chi connectivity index (χ3v) is 2.87. The average Bonchev–Trinajstić information content (AvgIpc) is 2.39. The second kappa shape index (κ2) is 4.98. The molecule has 0 unspecified atom stereocenters. The Morgan fingerprint density at radius 2 is 1.83 bits per heavy atom. The fraction of sp³-hybridized carbons (Fsp3) is 0. The quantitative estimate of drug-likeness (QED) is 0.480. The van der Waals surface area contributed by atoms with Crippen LogP contribution in [-0.4, -0.2) is 11.2 Å². The number of nitro benzene ring substituents is 1. The minimum Gasteiger partial charge on any atom is -0.298 e. The van der Waals surface area contributed by atoms with Crippen molar-refractivity contribution in [1.29, 1.82) is 0 Å². The van der Waals surface area contributed by atoms with Crippen LogP contribution in [0.3, 0.4) is 0 Å². The Morgan fingerprint density at radius 1 is 1.11 bits per heavy atom. The van der Waals surface area contributed by atoms with Gasteiger partial charge in [-0.25, -0.2) is 0 Å². The van der Waals surface area contributed by atoms with Gasteiger partial charge >= 0.3 is 0 Å². The van der Waals surface area contributed by atoms with Gasteiger partial charge in [0.05, 0.1) is 4.92 Å². The van der Waals surface area contributed by atoms with Gasteiger partial charge in [-0.2, -0.15) is 0 Å². The van der Waals surface area contributed by atoms with E-state index in [1.807, 2.05) is 0 Å². The van der Waals surface area contributed by atoms with E-state index in [0.717, 1.165) is 0 Å². The number of rotatable bonds is 3. The summed E-state index contributed by atoms with van der Waals surface area (Å²) in [6.45, 7) is 0. The Kier molecular flexibility index (Phi) is 3.39. The fourth-order valence-corrected chi connectivity index (χ4v) is 1.90. The average molecular weight is 262 g/mol. The largest absolute Gasteiger partial charge is 0.298 e. The van der Waals surface area contributed by atoms with Crippen LogP contribution in [0.25, 0.3) is 11.1 Å². The van der Waals surface area contributed by atoms with E-state index in [1.165, 1.54) is 18.2 Å². The molecule has 4 nitrogen and oxygen atoms in total. The van der Waals surface area contributed by atoms with Gasteiger partial charge in [0.2, 0.25) is 0 Å². The number of benzene rings is 2. The maximum absolute atomic E-state index is 11.0. The molecule has 5 heteroatoms. The first kappa shape index (κ1) is 12.3. The molecule has 0 saturated carbocycles. The molecule has 0 saturated heterocycles. The Morgan fingerprint density at radius 3 is 2.50 bits per heavy atom. The van der Waals surface area contributed by atoms with Crippen molar-refractivity contribution in [3.63, 3.8) is 0 Å². The van der Waals surface area contributed by atoms with E-state index in [0.29, 0.717) is 28.0 Å². The first-order chi connectivity index (χ1) is 8.63. The third kappa shape index (κ3) is 2.24. The molecule has 0 bridgehead atoms. The summed E-state index contributed by atoms with van der Waals surface area (Å²) in [5, 5.41) is 11.1. The van der Waals surface area contributed by atoms with Crippen molar-refractivity contribution in [3.8, 4) is 11.1 Å². The predicted molar refractivity (Wildman–Crippen MR) is 68.9 cm³/mol. The van der Waals surface area contributed by atoms with Crippen LogP contribution in [0.5, 0.6) is 0 Å². The molecule has 0 aliphatic carbocycles. The zero-order chi connectivity index (χ0) is 13.1. The number of aldehydes is 1. The molecule has 0 atom stereocenters. The SMILES string of the molecule is O=Cc1ccccc1-c1cc([N+](=O)[O-])ccc1Cl. The van der Waals surface area contributed by atoms with Crippen LogP contribution in [0.15, 0.2) is 42.5 Å². The molecule has 0 heterocycles. The van der Waals surface area contributed by atoms with Crippen molar-refractivity contribution in [1.82, 2.24) is 0 Å². The van der Waals surface area contributed by atoms with Crippen LogP contribution in [0.2, 0.25) is 5.02 Å². The van der Waals surface area contributed by atoms with Crippen LogP contribution in [0.4, 0.5) is 5.69 Å². The van der Waals surface area contributed by atoms with Gasteiger partial charge in [-0.3, -0.25) is 14.9 Å². The van der Waals surface area contributed by atoms with Gasteiger partial charge in [-0.15, -0.1) is 0 Å². The van der Waals surface area contributed by atoms with Crippen molar-refractivity contribution in [2.45, 2.75) is 0 Å². The van der Waals surface area contributed by atoms with Crippen molar-refractivity contribution in [2.24, 2.45) is 0 Å². The van der Waals surface area contributed by atoms with Gasteiger partial charge in [0.25, 0.3) is 5.69 Å². The topological polar surface area (TPSA) is 60.2 Å². The number of halogens is 1. The molecule has 2 aromatic rings. The van der Waals surface area contributed by atoms with Crippen molar-refractivity contribution in [2.75, 3.05) is 0 Å². The van der Waals surface area contributed by atoms with Gasteiger partial charge in [-0.1, -0.05) is 35.9 Å². The molecule has 0 aromatic heterocycles. The Balaban J connectivity index is 2.66. The van der Waals surface area contributed by atoms with E-state index in [-0.39, 0.29) is 5.69 Å². The highest BCUT2D eigenvalue weighted by Gasteiger charge is 2.13. The first-order valence-corrected chi connectivity index (χ1v) is 5.50. The highest BCUT2D eigenvalue weighted by molar-refractivity contribution is 6.33. The molecule has 0 amide bonds. The normalized spacial score (nSPS) is 10.1. The second-order valence-electron chi connectivity index (χ2n) is 3.63. The number of carbonyl (C=O) groups is 1. The highest BCUT2D eigenvalue weighted by atomic mass is 35.5. The summed E-state index contributed by atoms with van der Waals surface area (Å²) >= 11 is 6.03. The summed E-state index contributed by atoms with van der Waals surface area (Å²) in [5.74, 6) is 0. The van der Waals surface area contributed by atoms with E-state index in [9.17, 15) is 14.9 Å². The molecular weight excluding hydrogens is 254 g/mol. The van der Waals surface area contributed by atoms with E-state index in [4.69, 9.17) is 11.6 Å². The minimum atomic E-state index is -0.497. The zero-order valence-corrected chi connectivity index (χ0v) is 9.92. The predicted octanol–water partition coefficient (Wildman–Crippen LogP) is 3.73. The van der Waals surface area contributed by atoms with Crippen LogP contribution in [0.1, 0.15) is 10.4 Å². The lowest BCUT2D eigenvalue weighted by molar-refractivity contribution is -0.384. The molecular formula is C13H8ClNO3. The van der Waals surface area contributed by atoms with Crippen LogP contribution in [0, 0.1) is 10.1 Å². The zero-order valence-electron chi connectivity index (χ0n) is 9.17. The third-order valence-electron chi connectivity index (χ3n) is 2.54. The number of nitrogens with zero attached hydrogens (tertiary/aromatic N) is 1. The van der Waals surface area contributed by atoms with E-state index in [2.05, 4.69) is 0 Å². The Hall–Kier alpha value is -2.20. The molecule has 90 valence electrons. The molecule has 0 radical (unpaired) electrons. The molecule has 0 N–H and O–H groups in total. The van der Waals surface area contributed by atoms with Crippen LogP contribution < -0.4 is 0 Å². The molecule has 2 rings (SSSR count). The van der Waals surface area contributed by atoms with Crippen LogP contribution in [-0.2, 0) is 0 Å². The number of nitro groups is 1. The van der Waals surface area contributed by atoms with Crippen molar-refractivity contribution >= 4 is 23.6 Å². The summed E-state index contributed by atoms with van der Waals surface area (Å²) in [5.41, 5.74) is 1.45. The summed E-state index contributed by atoms with van der Waals surface area (Å²) in [6, 6.07) is 11.0. The van der Waals surface area contributed by atoms with Gasteiger partial charge in [0, 0.05) is 28.3 Å². The van der Waals surface area contributed by atoms with E-state index in [1.54, 1.807) is 24.3 Å². The number of carbonyl (C=O) groups excluding carboxylic acids is 1. The maximum atomic E-state index is 11.0. The smallest absolute Gasteiger partial charge is 0.270 e. The van der Waals surface area contributed by atoms with Gasteiger partial charge < -0.3 is 0 Å². The maximum Gasteiger partial charge on any atom is 0.270 e. The van der Waals surface area contributed by atoms with E-state index >= 15 is 0 Å². The summed E-state index contributed by atoms with van der Waals surface area (Å²) in [7, 11) is 0. The van der Waals surface area contributed by atoms with Crippen molar-refractivity contribution < 1.29 is 9.72 Å². The number of hydrogen-bond donors (Lipinski definition) is 0. The number of non-ortho nitro benzene ring substituents is 1. The van der Waals surface area contributed by atoms with Crippen LogP contribution >= 0.6 is 11.6 Å². The van der Waals surface area contributed by atoms with Gasteiger partial charge in [0.15, 0.2) is 6.29 Å². The molecule has 2 aromatic carbocycles. The van der Waals surface area contributed by atoms with Gasteiger partial charge in [-0.05, 0) is 11.6 Å². The van der Waals surface area contributed by atoms with Gasteiger partial charge in [0.1, 0.15) is 0 Å². The van der Waals surface area contributed by atoms with E-state index < -0.39 is 4.92 Å². The molecule has 0 aliphatic rings. The highest BCUT2D eigenvalue weighted by Crippen LogP contribution is 2.32. The summed E-state index contributed by atoms with van der Waals surface area (Å²) in [4.78, 5) is 21.2. The standard InChI is InChI=1S/C13H8ClNO3/c14-13-6-5-10(15(17)18)7-12(13)11-4-2-1-3-9(11)8-16/h1-8H. The lowest BCUT2D eigenvalue weighted by Gasteiger charge is -2.06. The Bertz CT molecular complexity index is 625. The molecule has 0 spiro atoms. The summed E-state index contributed by atoms with van der Waals surface area (Å²) < 4.78 is 0. The Labute approximate surface area is 108 Å². The number of hydrogen-bond acceptors (Lipinski definition) is 3. The second-order valence-corrected chi connectivity index (χ2v) is 4.03. The lowest BCUT2D eigenvalue weighted by Crippen LogP contribution is -1.91. The lowest BCUT2D eigenvalue weighted by atomic mass is 10.00. The summed E-state index contributed by atoms with van der Waals surface area (Å²) in [6.07, 6.45) is 0.699.